The molecule has 0 saturated heterocycles. The molecule has 0 aliphatic heterocycles. The second-order valence-corrected chi connectivity index (χ2v) is 6.54. The van der Waals surface area contributed by atoms with Crippen LogP contribution in [0, 0.1) is 0 Å². The van der Waals surface area contributed by atoms with Gasteiger partial charge in [-0.2, -0.15) is 0 Å². The zero-order valence-corrected chi connectivity index (χ0v) is 14.8. The third-order valence-electron chi connectivity index (χ3n) is 3.41. The predicted molar refractivity (Wildman–Crippen MR) is 96.0 cm³/mol. The summed E-state index contributed by atoms with van der Waals surface area (Å²) in [5.41, 5.74) is 1.92. The largest absolute Gasteiger partial charge is 0.392 e. The Labute approximate surface area is 147 Å². The van der Waals surface area contributed by atoms with Gasteiger partial charge < -0.3 is 15.3 Å². The van der Waals surface area contributed by atoms with E-state index in [1.54, 1.807) is 12.3 Å². The number of nitrogens with zero attached hydrogens (tertiary/aromatic N) is 2. The van der Waals surface area contributed by atoms with E-state index in [4.69, 9.17) is 28.3 Å². The molecule has 0 bridgehead atoms. The number of hydrogen-bond acceptors (Lipinski definition) is 4. The molecule has 2 N–H and O–H groups in total. The van der Waals surface area contributed by atoms with Crippen LogP contribution in [0.3, 0.4) is 0 Å². The molecule has 6 heteroatoms. The number of rotatable bonds is 7. The van der Waals surface area contributed by atoms with Crippen molar-refractivity contribution in [2.75, 3.05) is 18.9 Å². The number of aromatic nitrogens is 1. The molecule has 2 rings (SSSR count). The highest BCUT2D eigenvalue weighted by atomic mass is 35.5. The standard InChI is InChI=1S/C17H21Cl2N3O/c1-12(21-17-16(19)7-14(11-23)8-20-17)9-22(2)10-13-3-5-15(18)6-4-13/h3-8,12,23H,9-11H2,1-2H3,(H,20,21)/t12-/m1/s1. The van der Waals surface area contributed by atoms with E-state index < -0.39 is 0 Å². The second kappa shape index (κ2) is 8.50. The number of pyridine rings is 1. The van der Waals surface area contributed by atoms with Gasteiger partial charge in [0.1, 0.15) is 5.82 Å². The molecule has 1 heterocycles. The van der Waals surface area contributed by atoms with E-state index in [0.717, 1.165) is 18.1 Å². The fourth-order valence-corrected chi connectivity index (χ4v) is 2.75. The van der Waals surface area contributed by atoms with Gasteiger partial charge in [-0.15, -0.1) is 0 Å². The number of nitrogens with one attached hydrogen (secondary N) is 1. The third kappa shape index (κ3) is 5.66. The number of hydrogen-bond donors (Lipinski definition) is 2. The Morgan fingerprint density at radius 2 is 1.91 bits per heavy atom. The van der Waals surface area contributed by atoms with E-state index in [2.05, 4.69) is 29.2 Å². The highest BCUT2D eigenvalue weighted by Crippen LogP contribution is 2.21. The number of halogens is 2. The Bertz CT molecular complexity index is 634. The molecule has 2 aromatic rings. The van der Waals surface area contributed by atoms with E-state index >= 15 is 0 Å². The molecule has 0 spiro atoms. The summed E-state index contributed by atoms with van der Waals surface area (Å²) in [7, 11) is 2.07. The van der Waals surface area contributed by atoms with Crippen molar-refractivity contribution in [3.05, 3.63) is 57.7 Å². The van der Waals surface area contributed by atoms with Gasteiger partial charge in [0, 0.05) is 30.4 Å². The normalized spacial score (nSPS) is 12.4. The molecule has 1 aromatic carbocycles. The van der Waals surface area contributed by atoms with Crippen LogP contribution in [-0.2, 0) is 13.2 Å². The van der Waals surface area contributed by atoms with Gasteiger partial charge in [-0.25, -0.2) is 4.98 Å². The SMILES string of the molecule is C[C@H](CN(C)Cc1ccc(Cl)cc1)Nc1ncc(CO)cc1Cl. The lowest BCUT2D eigenvalue weighted by Crippen LogP contribution is -2.32. The zero-order valence-electron chi connectivity index (χ0n) is 13.3. The molecule has 1 aromatic heterocycles. The number of aliphatic hydroxyl groups excluding tert-OH is 1. The maximum atomic E-state index is 9.08. The molecule has 4 nitrogen and oxygen atoms in total. The van der Waals surface area contributed by atoms with Crippen LogP contribution < -0.4 is 5.32 Å². The van der Waals surface area contributed by atoms with Gasteiger partial charge in [-0.1, -0.05) is 35.3 Å². The molecule has 0 unspecified atom stereocenters. The van der Waals surface area contributed by atoms with Crippen LogP contribution in [0.2, 0.25) is 10.0 Å². The van der Waals surface area contributed by atoms with Crippen molar-refractivity contribution in [1.82, 2.24) is 9.88 Å². The van der Waals surface area contributed by atoms with Crippen molar-refractivity contribution >= 4 is 29.0 Å². The van der Waals surface area contributed by atoms with Crippen LogP contribution in [0.25, 0.3) is 0 Å². The molecule has 0 amide bonds. The summed E-state index contributed by atoms with van der Waals surface area (Å²) < 4.78 is 0. The summed E-state index contributed by atoms with van der Waals surface area (Å²) in [5.74, 6) is 0.635. The van der Waals surface area contributed by atoms with Gasteiger partial charge in [0.15, 0.2) is 0 Å². The molecule has 0 saturated carbocycles. The fourth-order valence-electron chi connectivity index (χ4n) is 2.38. The monoisotopic (exact) mass is 353 g/mol. The van der Waals surface area contributed by atoms with Gasteiger partial charge in [-0.05, 0) is 43.3 Å². The Hall–Kier alpha value is -1.33. The quantitative estimate of drug-likeness (QED) is 0.794. The van der Waals surface area contributed by atoms with Crippen molar-refractivity contribution in [3.8, 4) is 0 Å². The Morgan fingerprint density at radius 1 is 1.22 bits per heavy atom. The van der Waals surface area contributed by atoms with Crippen LogP contribution in [0.4, 0.5) is 5.82 Å². The lowest BCUT2D eigenvalue weighted by Gasteiger charge is -2.23. The van der Waals surface area contributed by atoms with E-state index in [1.165, 1.54) is 5.56 Å². The number of benzene rings is 1. The van der Waals surface area contributed by atoms with Gasteiger partial charge in [0.05, 0.1) is 11.6 Å². The number of likely N-dealkylation sites (N-methyl/N-ethyl adjacent to an activating group) is 1. The van der Waals surface area contributed by atoms with E-state index in [0.29, 0.717) is 16.4 Å². The van der Waals surface area contributed by atoms with Gasteiger partial charge >= 0.3 is 0 Å². The molecule has 0 aliphatic rings. The average molecular weight is 354 g/mol. The molecular weight excluding hydrogens is 333 g/mol. The lowest BCUT2D eigenvalue weighted by molar-refractivity contribution is 0.281. The van der Waals surface area contributed by atoms with Crippen molar-refractivity contribution in [1.29, 1.82) is 0 Å². The highest BCUT2D eigenvalue weighted by Gasteiger charge is 2.10. The van der Waals surface area contributed by atoms with Crippen LogP contribution in [0.5, 0.6) is 0 Å². The van der Waals surface area contributed by atoms with Crippen molar-refractivity contribution < 1.29 is 5.11 Å². The maximum Gasteiger partial charge on any atom is 0.145 e. The number of anilines is 1. The minimum absolute atomic E-state index is 0.0631. The molecule has 23 heavy (non-hydrogen) atoms. The van der Waals surface area contributed by atoms with Crippen molar-refractivity contribution in [2.45, 2.75) is 26.1 Å². The molecule has 0 aliphatic carbocycles. The molecule has 0 radical (unpaired) electrons. The van der Waals surface area contributed by atoms with E-state index in [1.807, 2.05) is 24.3 Å². The summed E-state index contributed by atoms with van der Waals surface area (Å²) >= 11 is 12.1. The van der Waals surface area contributed by atoms with Crippen LogP contribution in [-0.4, -0.2) is 34.6 Å². The first-order valence-corrected chi connectivity index (χ1v) is 8.18. The molecule has 0 fully saturated rings. The van der Waals surface area contributed by atoms with Crippen LogP contribution >= 0.6 is 23.2 Å². The summed E-state index contributed by atoms with van der Waals surface area (Å²) in [6, 6.07) is 9.77. The summed E-state index contributed by atoms with van der Waals surface area (Å²) in [4.78, 5) is 6.47. The summed E-state index contributed by atoms with van der Waals surface area (Å²) in [6.07, 6.45) is 1.62. The van der Waals surface area contributed by atoms with E-state index in [-0.39, 0.29) is 12.6 Å². The van der Waals surface area contributed by atoms with Crippen LogP contribution in [0.15, 0.2) is 36.5 Å². The first-order chi connectivity index (χ1) is 11.0. The third-order valence-corrected chi connectivity index (χ3v) is 3.95. The Morgan fingerprint density at radius 3 is 2.52 bits per heavy atom. The van der Waals surface area contributed by atoms with Crippen molar-refractivity contribution in [3.63, 3.8) is 0 Å². The summed E-state index contributed by atoms with van der Waals surface area (Å²) in [5, 5.41) is 13.6. The Balaban J connectivity index is 1.88. The van der Waals surface area contributed by atoms with Gasteiger partial charge in [0.2, 0.25) is 0 Å². The van der Waals surface area contributed by atoms with Crippen LogP contribution in [0.1, 0.15) is 18.1 Å². The van der Waals surface area contributed by atoms with E-state index in [9.17, 15) is 0 Å². The lowest BCUT2D eigenvalue weighted by atomic mass is 10.2. The smallest absolute Gasteiger partial charge is 0.145 e. The second-order valence-electron chi connectivity index (χ2n) is 5.70. The number of aliphatic hydroxyl groups is 1. The molecule has 124 valence electrons. The fraction of sp³-hybridized carbons (Fsp3) is 0.353. The topological polar surface area (TPSA) is 48.4 Å². The summed E-state index contributed by atoms with van der Waals surface area (Å²) in [6.45, 7) is 3.69. The molecule has 1 atom stereocenters. The van der Waals surface area contributed by atoms with Gasteiger partial charge in [0.25, 0.3) is 0 Å². The minimum atomic E-state index is -0.0631. The highest BCUT2D eigenvalue weighted by molar-refractivity contribution is 6.33. The average Bonchev–Trinajstić information content (AvgIpc) is 2.51. The molecular formula is C17H21Cl2N3O. The first kappa shape index (κ1) is 18.0. The maximum absolute atomic E-state index is 9.08. The zero-order chi connectivity index (χ0) is 16.8. The van der Waals surface area contributed by atoms with Crippen molar-refractivity contribution in [2.24, 2.45) is 0 Å². The van der Waals surface area contributed by atoms with Gasteiger partial charge in [-0.3, -0.25) is 0 Å². The first-order valence-electron chi connectivity index (χ1n) is 7.42. The Kier molecular flexibility index (Phi) is 6.66. The minimum Gasteiger partial charge on any atom is -0.392 e. The predicted octanol–water partition coefficient (Wildman–Crippen LogP) is 3.81.